The van der Waals surface area contributed by atoms with Crippen LogP contribution in [0.15, 0.2) is 24.3 Å². The highest BCUT2D eigenvalue weighted by Crippen LogP contribution is 2.10. The van der Waals surface area contributed by atoms with Crippen LogP contribution >= 0.6 is 11.6 Å². The molecule has 102 valence electrons. The normalized spacial score (nSPS) is 19.4. The summed E-state index contributed by atoms with van der Waals surface area (Å²) >= 11 is 5.79. The molecule has 5 heteroatoms. The second-order valence-corrected chi connectivity index (χ2v) is 5.15. The molecule has 2 rings (SSSR count). The van der Waals surface area contributed by atoms with Gasteiger partial charge in [-0.05, 0) is 37.0 Å². The monoisotopic (exact) mass is 280 g/mol. The lowest BCUT2D eigenvalue weighted by atomic mass is 10.1. The number of halogens is 1. The van der Waals surface area contributed by atoms with Gasteiger partial charge in [0.25, 0.3) is 0 Å². The van der Waals surface area contributed by atoms with Crippen LogP contribution < -0.4 is 10.6 Å². The molecular formula is C14H17ClN2O2. The topological polar surface area (TPSA) is 58.2 Å². The van der Waals surface area contributed by atoms with Gasteiger partial charge in [-0.3, -0.25) is 9.59 Å². The van der Waals surface area contributed by atoms with Crippen LogP contribution in [0, 0.1) is 0 Å². The second-order valence-electron chi connectivity index (χ2n) is 4.71. The predicted molar refractivity (Wildman–Crippen MR) is 73.9 cm³/mol. The lowest BCUT2D eigenvalue weighted by molar-refractivity contribution is -0.128. The number of carbonyl (C=O) groups excluding carboxylic acids is 2. The fourth-order valence-corrected chi connectivity index (χ4v) is 2.24. The van der Waals surface area contributed by atoms with Crippen molar-refractivity contribution in [3.8, 4) is 0 Å². The Balaban J connectivity index is 1.89. The summed E-state index contributed by atoms with van der Waals surface area (Å²) in [5.74, 6) is -0.216. The number of carbonyl (C=O) groups is 2. The molecule has 1 fully saturated rings. The summed E-state index contributed by atoms with van der Waals surface area (Å²) in [5.41, 5.74) is 0.885. The number of nitrogens with one attached hydrogen (secondary N) is 2. The summed E-state index contributed by atoms with van der Waals surface area (Å²) in [7, 11) is 0. The van der Waals surface area contributed by atoms with Gasteiger partial charge >= 0.3 is 0 Å². The molecule has 1 saturated heterocycles. The Morgan fingerprint density at radius 3 is 2.79 bits per heavy atom. The molecule has 0 radical (unpaired) electrons. The minimum atomic E-state index is -0.401. The quantitative estimate of drug-likeness (QED) is 0.885. The van der Waals surface area contributed by atoms with E-state index >= 15 is 0 Å². The first-order valence-corrected chi connectivity index (χ1v) is 6.84. The van der Waals surface area contributed by atoms with Crippen LogP contribution in [-0.4, -0.2) is 24.4 Å². The third kappa shape index (κ3) is 4.24. The fourth-order valence-electron chi connectivity index (χ4n) is 2.11. The zero-order valence-corrected chi connectivity index (χ0v) is 11.4. The Hall–Kier alpha value is -1.55. The van der Waals surface area contributed by atoms with E-state index in [0.717, 1.165) is 18.4 Å². The predicted octanol–water partition coefficient (Wildman–Crippen LogP) is 1.67. The first-order valence-electron chi connectivity index (χ1n) is 6.46. The molecule has 0 spiro atoms. The zero-order chi connectivity index (χ0) is 13.7. The van der Waals surface area contributed by atoms with Gasteiger partial charge in [0, 0.05) is 11.6 Å². The van der Waals surface area contributed by atoms with Crippen molar-refractivity contribution in [2.24, 2.45) is 0 Å². The summed E-state index contributed by atoms with van der Waals surface area (Å²) in [4.78, 5) is 23.6. The summed E-state index contributed by atoms with van der Waals surface area (Å²) in [6.45, 7) is 0.697. The minimum Gasteiger partial charge on any atom is -0.354 e. The standard InChI is InChI=1S/C14H17ClN2O2/c15-11-6-4-10(5-7-11)9-13(18)17-12-3-1-2-8-16-14(12)19/h4-7,12H,1-3,8-9H2,(H,16,19)(H,17,18). The first-order chi connectivity index (χ1) is 9.15. The maximum Gasteiger partial charge on any atom is 0.242 e. The van der Waals surface area contributed by atoms with Crippen LogP contribution in [0.2, 0.25) is 5.02 Å². The molecule has 1 aliphatic heterocycles. The van der Waals surface area contributed by atoms with Gasteiger partial charge in [0.2, 0.25) is 11.8 Å². The highest BCUT2D eigenvalue weighted by atomic mass is 35.5. The van der Waals surface area contributed by atoms with Crippen LogP contribution in [-0.2, 0) is 16.0 Å². The number of hydrogen-bond acceptors (Lipinski definition) is 2. The van der Waals surface area contributed by atoms with E-state index in [-0.39, 0.29) is 18.2 Å². The molecule has 1 aromatic rings. The Labute approximate surface area is 117 Å². The van der Waals surface area contributed by atoms with Gasteiger partial charge in [-0.15, -0.1) is 0 Å². The van der Waals surface area contributed by atoms with E-state index in [0.29, 0.717) is 18.0 Å². The van der Waals surface area contributed by atoms with Gasteiger partial charge in [-0.1, -0.05) is 23.7 Å². The molecule has 1 aliphatic rings. The van der Waals surface area contributed by atoms with E-state index in [1.54, 1.807) is 12.1 Å². The molecule has 1 unspecified atom stereocenters. The van der Waals surface area contributed by atoms with Crippen LogP contribution in [0.1, 0.15) is 24.8 Å². The van der Waals surface area contributed by atoms with Crippen LogP contribution in [0.25, 0.3) is 0 Å². The van der Waals surface area contributed by atoms with Crippen molar-refractivity contribution in [2.75, 3.05) is 6.54 Å². The van der Waals surface area contributed by atoms with Gasteiger partial charge < -0.3 is 10.6 Å². The fraction of sp³-hybridized carbons (Fsp3) is 0.429. The van der Waals surface area contributed by atoms with Crippen LogP contribution in [0.5, 0.6) is 0 Å². The summed E-state index contributed by atoms with van der Waals surface area (Å²) in [6.07, 6.45) is 2.89. The van der Waals surface area contributed by atoms with Gasteiger partial charge in [-0.25, -0.2) is 0 Å². The number of amides is 2. The van der Waals surface area contributed by atoms with Gasteiger partial charge in [-0.2, -0.15) is 0 Å². The van der Waals surface area contributed by atoms with Crippen molar-refractivity contribution in [2.45, 2.75) is 31.7 Å². The smallest absolute Gasteiger partial charge is 0.242 e. The van der Waals surface area contributed by atoms with E-state index in [1.807, 2.05) is 12.1 Å². The van der Waals surface area contributed by atoms with E-state index in [9.17, 15) is 9.59 Å². The largest absolute Gasteiger partial charge is 0.354 e. The lowest BCUT2D eigenvalue weighted by Gasteiger charge is -2.15. The van der Waals surface area contributed by atoms with Gasteiger partial charge in [0.1, 0.15) is 6.04 Å². The molecule has 0 bridgehead atoms. The molecule has 4 nitrogen and oxygen atoms in total. The molecule has 0 saturated carbocycles. The summed E-state index contributed by atoms with van der Waals surface area (Å²) in [5, 5.41) is 6.23. The minimum absolute atomic E-state index is 0.0815. The van der Waals surface area contributed by atoms with E-state index < -0.39 is 6.04 Å². The zero-order valence-electron chi connectivity index (χ0n) is 10.6. The van der Waals surface area contributed by atoms with Crippen LogP contribution in [0.4, 0.5) is 0 Å². The Morgan fingerprint density at radius 2 is 2.05 bits per heavy atom. The van der Waals surface area contributed by atoms with Crippen molar-refractivity contribution >= 4 is 23.4 Å². The number of rotatable bonds is 3. The SMILES string of the molecule is O=C(Cc1ccc(Cl)cc1)NC1CCCCNC1=O. The molecule has 1 atom stereocenters. The average Bonchev–Trinajstić information content (AvgIpc) is 2.58. The second kappa shape index (κ2) is 6.57. The molecule has 0 aliphatic carbocycles. The molecule has 0 aromatic heterocycles. The molecule has 2 amide bonds. The molecule has 2 N–H and O–H groups in total. The molecule has 1 aromatic carbocycles. The maximum atomic E-state index is 11.9. The molecule has 1 heterocycles. The first kappa shape index (κ1) is 13.9. The molecular weight excluding hydrogens is 264 g/mol. The van der Waals surface area contributed by atoms with E-state index in [1.165, 1.54) is 0 Å². The Bertz CT molecular complexity index is 459. The van der Waals surface area contributed by atoms with Crippen molar-refractivity contribution in [1.29, 1.82) is 0 Å². The average molecular weight is 281 g/mol. The third-order valence-corrected chi connectivity index (χ3v) is 3.40. The highest BCUT2D eigenvalue weighted by molar-refractivity contribution is 6.30. The lowest BCUT2D eigenvalue weighted by Crippen LogP contribution is -2.45. The van der Waals surface area contributed by atoms with Crippen molar-refractivity contribution in [3.05, 3.63) is 34.9 Å². The van der Waals surface area contributed by atoms with E-state index in [4.69, 9.17) is 11.6 Å². The maximum absolute atomic E-state index is 11.9. The summed E-state index contributed by atoms with van der Waals surface area (Å²) in [6, 6.07) is 6.73. The summed E-state index contributed by atoms with van der Waals surface area (Å²) < 4.78 is 0. The Kier molecular flexibility index (Phi) is 4.80. The van der Waals surface area contributed by atoms with Crippen molar-refractivity contribution in [3.63, 3.8) is 0 Å². The Morgan fingerprint density at radius 1 is 1.32 bits per heavy atom. The molecule has 19 heavy (non-hydrogen) atoms. The van der Waals surface area contributed by atoms with Gasteiger partial charge in [0.05, 0.1) is 6.42 Å². The third-order valence-electron chi connectivity index (χ3n) is 3.15. The number of benzene rings is 1. The highest BCUT2D eigenvalue weighted by Gasteiger charge is 2.22. The van der Waals surface area contributed by atoms with Crippen molar-refractivity contribution in [1.82, 2.24) is 10.6 Å². The van der Waals surface area contributed by atoms with Gasteiger partial charge in [0.15, 0.2) is 0 Å². The van der Waals surface area contributed by atoms with Crippen molar-refractivity contribution < 1.29 is 9.59 Å². The van der Waals surface area contributed by atoms with Crippen LogP contribution in [0.3, 0.4) is 0 Å². The number of hydrogen-bond donors (Lipinski definition) is 2. The van der Waals surface area contributed by atoms with E-state index in [2.05, 4.69) is 10.6 Å².